The first kappa shape index (κ1) is 24.0. The van der Waals surface area contributed by atoms with Gasteiger partial charge >= 0.3 is 18.1 Å². The van der Waals surface area contributed by atoms with E-state index in [2.05, 4.69) is 5.32 Å². The van der Waals surface area contributed by atoms with E-state index in [0.29, 0.717) is 6.54 Å². The van der Waals surface area contributed by atoms with Crippen LogP contribution in [-0.4, -0.2) is 53.3 Å². The quantitative estimate of drug-likeness (QED) is 0.564. The lowest BCUT2D eigenvalue weighted by atomic mass is 10.1. The van der Waals surface area contributed by atoms with E-state index in [-0.39, 0.29) is 18.5 Å². The van der Waals surface area contributed by atoms with Gasteiger partial charge in [0.1, 0.15) is 5.60 Å². The molecule has 0 saturated carbocycles. The zero-order chi connectivity index (χ0) is 20.0. The van der Waals surface area contributed by atoms with Crippen molar-refractivity contribution in [3.05, 3.63) is 0 Å². The SMILES string of the molecule is CC(C)(C)OC(=O)NCCCCCCCC(=O)O.NC(=O)N1CCCC1. The standard InChI is InChI=1S/C13H25NO4.C5H10N2O/c1-13(2,3)18-12(17)14-10-8-6-4-5-7-9-11(15)16;6-5(8)7-3-1-2-4-7/h4-10H2,1-3H3,(H,14,17)(H,15,16);1-4H2,(H2,6,8). The number of aliphatic carboxylic acids is 1. The molecule has 4 N–H and O–H groups in total. The molecule has 0 unspecified atom stereocenters. The number of ether oxygens (including phenoxy) is 1. The highest BCUT2D eigenvalue weighted by atomic mass is 16.6. The van der Waals surface area contributed by atoms with Crippen molar-refractivity contribution in [1.29, 1.82) is 0 Å². The Labute approximate surface area is 156 Å². The number of amides is 3. The van der Waals surface area contributed by atoms with Crippen molar-refractivity contribution in [1.82, 2.24) is 10.2 Å². The number of carboxylic acid groups (broad SMARTS) is 1. The first-order valence-electron chi connectivity index (χ1n) is 9.35. The Morgan fingerprint density at radius 3 is 2.04 bits per heavy atom. The molecule has 1 heterocycles. The summed E-state index contributed by atoms with van der Waals surface area (Å²) < 4.78 is 5.09. The summed E-state index contributed by atoms with van der Waals surface area (Å²) >= 11 is 0. The zero-order valence-electron chi connectivity index (χ0n) is 16.4. The summed E-state index contributed by atoms with van der Waals surface area (Å²) in [6.45, 7) is 7.80. The number of hydrogen-bond donors (Lipinski definition) is 3. The minimum Gasteiger partial charge on any atom is -0.481 e. The van der Waals surface area contributed by atoms with Crippen LogP contribution in [0.3, 0.4) is 0 Å². The molecule has 8 nitrogen and oxygen atoms in total. The summed E-state index contributed by atoms with van der Waals surface area (Å²) in [4.78, 5) is 33.5. The Bertz CT molecular complexity index is 429. The summed E-state index contributed by atoms with van der Waals surface area (Å²) in [5, 5.41) is 11.1. The smallest absolute Gasteiger partial charge is 0.407 e. The van der Waals surface area contributed by atoms with Gasteiger partial charge in [-0.1, -0.05) is 19.3 Å². The number of hydrogen-bond acceptors (Lipinski definition) is 4. The van der Waals surface area contributed by atoms with E-state index in [1.165, 1.54) is 0 Å². The van der Waals surface area contributed by atoms with Crippen LogP contribution in [-0.2, 0) is 9.53 Å². The Morgan fingerprint density at radius 2 is 1.58 bits per heavy atom. The number of likely N-dealkylation sites (tertiary alicyclic amines) is 1. The van der Waals surface area contributed by atoms with Gasteiger partial charge in [0.25, 0.3) is 0 Å². The van der Waals surface area contributed by atoms with E-state index >= 15 is 0 Å². The largest absolute Gasteiger partial charge is 0.481 e. The van der Waals surface area contributed by atoms with Crippen LogP contribution in [0, 0.1) is 0 Å². The van der Waals surface area contributed by atoms with Crippen molar-refractivity contribution in [3.63, 3.8) is 0 Å². The number of rotatable bonds is 8. The van der Waals surface area contributed by atoms with Crippen LogP contribution in [0.25, 0.3) is 0 Å². The van der Waals surface area contributed by atoms with Crippen molar-refractivity contribution in [2.75, 3.05) is 19.6 Å². The van der Waals surface area contributed by atoms with E-state index in [4.69, 9.17) is 15.6 Å². The van der Waals surface area contributed by atoms with Gasteiger partial charge in [0.2, 0.25) is 0 Å². The summed E-state index contributed by atoms with van der Waals surface area (Å²) in [5.41, 5.74) is 4.53. The number of nitrogens with one attached hydrogen (secondary N) is 1. The Balaban J connectivity index is 0.000000642. The molecule has 0 bridgehead atoms. The average Bonchev–Trinajstić information content (AvgIpc) is 3.03. The van der Waals surface area contributed by atoms with Crippen molar-refractivity contribution >= 4 is 18.1 Å². The van der Waals surface area contributed by atoms with E-state index in [1.807, 2.05) is 20.8 Å². The fraction of sp³-hybridized carbons (Fsp3) is 0.833. The molecule has 1 aliphatic heterocycles. The number of carbonyl (C=O) groups is 3. The van der Waals surface area contributed by atoms with Gasteiger partial charge in [-0.3, -0.25) is 4.79 Å². The molecule has 0 aromatic rings. The molecule has 0 aromatic carbocycles. The summed E-state index contributed by atoms with van der Waals surface area (Å²) in [6, 6.07) is -0.275. The van der Waals surface area contributed by atoms with Gasteiger partial charge < -0.3 is 25.8 Å². The molecule has 26 heavy (non-hydrogen) atoms. The topological polar surface area (TPSA) is 122 Å². The lowest BCUT2D eigenvalue weighted by Crippen LogP contribution is -2.32. The second-order valence-corrected chi connectivity index (χ2v) is 7.37. The Morgan fingerprint density at radius 1 is 1.04 bits per heavy atom. The predicted octanol–water partition coefficient (Wildman–Crippen LogP) is 3.10. The highest BCUT2D eigenvalue weighted by molar-refractivity contribution is 5.72. The van der Waals surface area contributed by atoms with Crippen molar-refractivity contribution < 1.29 is 24.2 Å². The maximum atomic E-state index is 11.3. The van der Waals surface area contributed by atoms with Gasteiger partial charge in [-0.2, -0.15) is 0 Å². The number of nitrogens with two attached hydrogens (primary N) is 1. The molecule has 1 aliphatic rings. The van der Waals surface area contributed by atoms with Crippen molar-refractivity contribution in [3.8, 4) is 0 Å². The monoisotopic (exact) mass is 373 g/mol. The lowest BCUT2D eigenvalue weighted by Gasteiger charge is -2.19. The second kappa shape index (κ2) is 13.2. The normalized spacial score (nSPS) is 13.6. The first-order valence-corrected chi connectivity index (χ1v) is 9.35. The number of carboxylic acids is 1. The molecule has 0 aromatic heterocycles. The van der Waals surface area contributed by atoms with E-state index in [0.717, 1.165) is 58.0 Å². The van der Waals surface area contributed by atoms with Crippen LogP contribution in [0.15, 0.2) is 0 Å². The third-order valence-corrected chi connectivity index (χ3v) is 3.65. The number of nitrogens with zero attached hydrogens (tertiary/aromatic N) is 1. The van der Waals surface area contributed by atoms with Gasteiger partial charge in [0.15, 0.2) is 0 Å². The van der Waals surface area contributed by atoms with Crippen molar-refractivity contribution in [2.45, 2.75) is 77.7 Å². The van der Waals surface area contributed by atoms with Crippen LogP contribution in [0.1, 0.15) is 72.1 Å². The molecule has 0 atom stereocenters. The molecular weight excluding hydrogens is 338 g/mol. The number of primary amides is 1. The third kappa shape index (κ3) is 15.5. The van der Waals surface area contributed by atoms with E-state index in [9.17, 15) is 14.4 Å². The molecule has 0 aliphatic carbocycles. The van der Waals surface area contributed by atoms with E-state index in [1.54, 1.807) is 4.90 Å². The zero-order valence-corrected chi connectivity index (χ0v) is 16.4. The summed E-state index contributed by atoms with van der Waals surface area (Å²) in [7, 11) is 0. The van der Waals surface area contributed by atoms with Crippen LogP contribution in [0.2, 0.25) is 0 Å². The Kier molecular flexibility index (Phi) is 12.2. The average molecular weight is 373 g/mol. The van der Waals surface area contributed by atoms with Crippen LogP contribution in [0.5, 0.6) is 0 Å². The highest BCUT2D eigenvalue weighted by Gasteiger charge is 2.15. The first-order chi connectivity index (χ1) is 12.1. The number of unbranched alkanes of at least 4 members (excludes halogenated alkanes) is 4. The summed E-state index contributed by atoms with van der Waals surface area (Å²) in [5.74, 6) is -0.735. The molecule has 1 fully saturated rings. The highest BCUT2D eigenvalue weighted by Crippen LogP contribution is 2.07. The lowest BCUT2D eigenvalue weighted by molar-refractivity contribution is -0.137. The molecular formula is C18H35N3O5. The third-order valence-electron chi connectivity index (χ3n) is 3.65. The molecule has 1 saturated heterocycles. The Hall–Kier alpha value is -1.99. The van der Waals surface area contributed by atoms with Gasteiger partial charge in [0.05, 0.1) is 0 Å². The van der Waals surface area contributed by atoms with E-state index < -0.39 is 11.6 Å². The molecule has 152 valence electrons. The maximum Gasteiger partial charge on any atom is 0.407 e. The van der Waals surface area contributed by atoms with Gasteiger partial charge in [-0.25, -0.2) is 9.59 Å². The predicted molar refractivity (Wildman–Crippen MR) is 100.0 cm³/mol. The number of alkyl carbamates (subject to hydrolysis) is 1. The molecule has 1 rings (SSSR count). The van der Waals surface area contributed by atoms with Crippen molar-refractivity contribution in [2.24, 2.45) is 5.73 Å². The number of urea groups is 1. The fourth-order valence-electron chi connectivity index (χ4n) is 2.37. The van der Waals surface area contributed by atoms with Gasteiger partial charge in [0, 0.05) is 26.1 Å². The maximum absolute atomic E-state index is 11.3. The minimum absolute atomic E-state index is 0.246. The van der Waals surface area contributed by atoms with Gasteiger partial charge in [-0.05, 0) is 46.5 Å². The molecule has 0 radical (unpaired) electrons. The molecule has 0 spiro atoms. The van der Waals surface area contributed by atoms with Gasteiger partial charge in [-0.15, -0.1) is 0 Å². The molecule has 3 amide bonds. The summed E-state index contributed by atoms with van der Waals surface area (Å²) in [6.07, 6.45) is 6.65. The van der Waals surface area contributed by atoms with Crippen LogP contribution >= 0.6 is 0 Å². The number of carbonyl (C=O) groups excluding carboxylic acids is 2. The van der Waals surface area contributed by atoms with Crippen LogP contribution < -0.4 is 11.1 Å². The fourth-order valence-corrected chi connectivity index (χ4v) is 2.37. The second-order valence-electron chi connectivity index (χ2n) is 7.37. The minimum atomic E-state index is -0.735. The van der Waals surface area contributed by atoms with Crippen LogP contribution in [0.4, 0.5) is 9.59 Å². The molecule has 8 heteroatoms.